The minimum atomic E-state index is -0.903. The highest BCUT2D eigenvalue weighted by Gasteiger charge is 2.20. The first kappa shape index (κ1) is 12.9. The maximum Gasteiger partial charge on any atom is 0.141 e. The van der Waals surface area contributed by atoms with Crippen LogP contribution in [0.25, 0.3) is 5.69 Å². The molecule has 0 saturated carbocycles. The number of rotatable bonds is 3. The van der Waals surface area contributed by atoms with Crippen molar-refractivity contribution in [2.45, 2.75) is 6.10 Å². The van der Waals surface area contributed by atoms with Crippen LogP contribution in [0.3, 0.4) is 0 Å². The predicted molar refractivity (Wildman–Crippen MR) is 75.8 cm³/mol. The normalized spacial score (nSPS) is 12.6. The van der Waals surface area contributed by atoms with Gasteiger partial charge in [-0.1, -0.05) is 29.8 Å². The quantitative estimate of drug-likeness (QED) is 0.805. The van der Waals surface area contributed by atoms with Crippen LogP contribution in [0.1, 0.15) is 17.5 Å². The Morgan fingerprint density at radius 2 is 1.95 bits per heavy atom. The Morgan fingerprint density at radius 1 is 1.20 bits per heavy atom. The number of halogens is 1. The molecule has 5 nitrogen and oxygen atoms in total. The molecule has 1 aromatic carbocycles. The largest absolute Gasteiger partial charge is 0.380 e. The van der Waals surface area contributed by atoms with Gasteiger partial charge in [0.15, 0.2) is 0 Å². The summed E-state index contributed by atoms with van der Waals surface area (Å²) in [5.74, 6) is 0. The first-order valence-electron chi connectivity index (χ1n) is 6.13. The van der Waals surface area contributed by atoms with E-state index in [0.29, 0.717) is 16.4 Å². The van der Waals surface area contributed by atoms with Gasteiger partial charge in [-0.15, -0.1) is 0 Å². The molecular formula is C14H13ClN4O. The fraction of sp³-hybridized carbons (Fsp3) is 0.143. The predicted octanol–water partition coefficient (Wildman–Crippen LogP) is 2.34. The molecule has 20 heavy (non-hydrogen) atoms. The second kappa shape index (κ2) is 5.11. The average molecular weight is 289 g/mol. The molecule has 0 radical (unpaired) electrons. The van der Waals surface area contributed by atoms with Gasteiger partial charge < -0.3 is 5.11 Å². The Morgan fingerprint density at radius 3 is 2.60 bits per heavy atom. The number of aliphatic hydroxyl groups is 1. The molecule has 3 aromatic rings. The molecule has 1 N–H and O–H groups in total. The van der Waals surface area contributed by atoms with Crippen molar-refractivity contribution in [3.63, 3.8) is 0 Å². The van der Waals surface area contributed by atoms with E-state index in [2.05, 4.69) is 10.2 Å². The van der Waals surface area contributed by atoms with Crippen molar-refractivity contribution in [2.75, 3.05) is 0 Å². The van der Waals surface area contributed by atoms with Crippen LogP contribution in [0.4, 0.5) is 0 Å². The van der Waals surface area contributed by atoms with E-state index in [-0.39, 0.29) is 0 Å². The fourth-order valence-electron chi connectivity index (χ4n) is 2.08. The molecule has 0 aliphatic rings. The van der Waals surface area contributed by atoms with Crippen LogP contribution < -0.4 is 0 Å². The van der Waals surface area contributed by atoms with Gasteiger partial charge in [-0.2, -0.15) is 10.2 Å². The maximum atomic E-state index is 10.4. The highest BCUT2D eigenvalue weighted by Crippen LogP contribution is 2.26. The van der Waals surface area contributed by atoms with Crippen molar-refractivity contribution in [3.8, 4) is 5.69 Å². The zero-order valence-electron chi connectivity index (χ0n) is 10.8. The minimum Gasteiger partial charge on any atom is -0.380 e. The SMILES string of the molecule is Cn1ncc(Cl)c1C(O)c1ccn(-c2ccccc2)n1. The van der Waals surface area contributed by atoms with Crippen LogP contribution in [-0.2, 0) is 7.05 Å². The number of aliphatic hydroxyl groups excluding tert-OH is 1. The van der Waals surface area contributed by atoms with E-state index >= 15 is 0 Å². The molecule has 0 aliphatic carbocycles. The molecule has 1 atom stereocenters. The lowest BCUT2D eigenvalue weighted by Crippen LogP contribution is -2.08. The fourth-order valence-corrected chi connectivity index (χ4v) is 2.35. The third-order valence-corrected chi connectivity index (χ3v) is 3.40. The number of aryl methyl sites for hydroxylation is 1. The molecule has 0 amide bonds. The third-order valence-electron chi connectivity index (χ3n) is 3.11. The van der Waals surface area contributed by atoms with Gasteiger partial charge in [-0.05, 0) is 18.2 Å². The summed E-state index contributed by atoms with van der Waals surface area (Å²) in [6, 6.07) is 11.5. The maximum absolute atomic E-state index is 10.4. The minimum absolute atomic E-state index is 0.425. The van der Waals surface area contributed by atoms with Crippen molar-refractivity contribution >= 4 is 11.6 Å². The highest BCUT2D eigenvalue weighted by atomic mass is 35.5. The van der Waals surface area contributed by atoms with E-state index in [1.54, 1.807) is 28.7 Å². The monoisotopic (exact) mass is 288 g/mol. The van der Waals surface area contributed by atoms with E-state index < -0.39 is 6.10 Å². The molecule has 102 valence electrons. The highest BCUT2D eigenvalue weighted by molar-refractivity contribution is 6.31. The molecule has 3 rings (SSSR count). The lowest BCUT2D eigenvalue weighted by atomic mass is 10.2. The molecule has 2 aromatic heterocycles. The van der Waals surface area contributed by atoms with E-state index in [4.69, 9.17) is 11.6 Å². The van der Waals surface area contributed by atoms with E-state index in [9.17, 15) is 5.11 Å². The first-order chi connectivity index (χ1) is 9.66. The molecule has 0 bridgehead atoms. The summed E-state index contributed by atoms with van der Waals surface area (Å²) in [6.07, 6.45) is 2.41. The zero-order valence-corrected chi connectivity index (χ0v) is 11.6. The van der Waals surface area contributed by atoms with Gasteiger partial charge in [0.2, 0.25) is 0 Å². The molecule has 0 saturated heterocycles. The standard InChI is InChI=1S/C14H13ClN4O/c1-18-13(11(15)9-16-18)14(20)12-7-8-19(17-12)10-5-3-2-4-6-10/h2-9,14,20H,1H3. The number of benzene rings is 1. The first-order valence-corrected chi connectivity index (χ1v) is 6.51. The Balaban J connectivity index is 1.95. The van der Waals surface area contributed by atoms with Crippen LogP contribution >= 0.6 is 11.6 Å². The molecule has 0 fully saturated rings. The summed E-state index contributed by atoms with van der Waals surface area (Å²) >= 11 is 6.04. The number of hydrogen-bond donors (Lipinski definition) is 1. The van der Waals surface area contributed by atoms with Gasteiger partial charge in [-0.3, -0.25) is 4.68 Å². The zero-order chi connectivity index (χ0) is 14.1. The van der Waals surface area contributed by atoms with Crippen LogP contribution in [0.5, 0.6) is 0 Å². The molecule has 1 unspecified atom stereocenters. The summed E-state index contributed by atoms with van der Waals surface area (Å²) in [5.41, 5.74) is 1.99. The van der Waals surface area contributed by atoms with E-state index in [1.807, 2.05) is 30.3 Å². The van der Waals surface area contributed by atoms with Crippen molar-refractivity contribution in [1.29, 1.82) is 0 Å². The van der Waals surface area contributed by atoms with Crippen molar-refractivity contribution in [3.05, 3.63) is 65.2 Å². The van der Waals surface area contributed by atoms with Gasteiger partial charge in [0.25, 0.3) is 0 Å². The Hall–Kier alpha value is -2.11. The number of aromatic nitrogens is 4. The lowest BCUT2D eigenvalue weighted by Gasteiger charge is -2.09. The second-order valence-electron chi connectivity index (χ2n) is 4.42. The third kappa shape index (κ3) is 2.21. The number of nitrogens with zero attached hydrogens (tertiary/aromatic N) is 4. The molecule has 0 aliphatic heterocycles. The van der Waals surface area contributed by atoms with Gasteiger partial charge in [0.05, 0.1) is 28.3 Å². The van der Waals surface area contributed by atoms with E-state index in [1.165, 1.54) is 6.20 Å². The van der Waals surface area contributed by atoms with Gasteiger partial charge in [0.1, 0.15) is 6.10 Å². The van der Waals surface area contributed by atoms with E-state index in [0.717, 1.165) is 5.69 Å². The molecule has 0 spiro atoms. The molecular weight excluding hydrogens is 276 g/mol. The Kier molecular flexibility index (Phi) is 3.30. The summed E-state index contributed by atoms with van der Waals surface area (Å²) in [5, 5.41) is 19.2. The Labute approximate surface area is 121 Å². The summed E-state index contributed by atoms with van der Waals surface area (Å²) < 4.78 is 3.26. The van der Waals surface area contributed by atoms with Gasteiger partial charge in [0, 0.05) is 13.2 Å². The van der Waals surface area contributed by atoms with Crippen LogP contribution in [0.15, 0.2) is 48.8 Å². The van der Waals surface area contributed by atoms with Crippen LogP contribution in [0.2, 0.25) is 5.02 Å². The summed E-state index contributed by atoms with van der Waals surface area (Å²) in [4.78, 5) is 0. The van der Waals surface area contributed by atoms with Gasteiger partial charge >= 0.3 is 0 Å². The lowest BCUT2D eigenvalue weighted by molar-refractivity contribution is 0.204. The Bertz CT molecular complexity index is 700. The summed E-state index contributed by atoms with van der Waals surface area (Å²) in [6.45, 7) is 0. The smallest absolute Gasteiger partial charge is 0.141 e. The van der Waals surface area contributed by atoms with Crippen LogP contribution in [0, 0.1) is 0 Å². The summed E-state index contributed by atoms with van der Waals surface area (Å²) in [7, 11) is 1.73. The number of para-hydroxylation sites is 1. The van der Waals surface area contributed by atoms with Crippen molar-refractivity contribution in [2.24, 2.45) is 7.05 Å². The van der Waals surface area contributed by atoms with Crippen molar-refractivity contribution in [1.82, 2.24) is 19.6 Å². The van der Waals surface area contributed by atoms with Crippen LogP contribution in [-0.4, -0.2) is 24.7 Å². The number of hydrogen-bond acceptors (Lipinski definition) is 3. The van der Waals surface area contributed by atoms with Crippen molar-refractivity contribution < 1.29 is 5.11 Å². The second-order valence-corrected chi connectivity index (χ2v) is 4.83. The molecule has 2 heterocycles. The molecule has 6 heteroatoms. The average Bonchev–Trinajstić information content (AvgIpc) is 3.07. The van der Waals surface area contributed by atoms with Gasteiger partial charge in [-0.25, -0.2) is 4.68 Å². The topological polar surface area (TPSA) is 55.9 Å².